The van der Waals surface area contributed by atoms with E-state index in [1.54, 1.807) is 47.5 Å². The van der Waals surface area contributed by atoms with E-state index < -0.39 is 29.4 Å². The van der Waals surface area contributed by atoms with E-state index in [0.29, 0.717) is 75.5 Å². The number of phenolic OH excluding ortho intramolecular Hbond substituents is 1. The lowest BCUT2D eigenvalue weighted by molar-refractivity contribution is -0.142. The molecular weight excluding hydrogens is 925 g/mol. The van der Waals surface area contributed by atoms with Crippen molar-refractivity contribution in [3.05, 3.63) is 83.7 Å². The number of carboxylic acid groups (broad SMARTS) is 1. The number of nitrogens with zero attached hydrogens (tertiary/aromatic N) is 6. The molecule has 2 aliphatic heterocycles. The van der Waals surface area contributed by atoms with Gasteiger partial charge in [0.05, 0.1) is 18.2 Å². The lowest BCUT2D eigenvalue weighted by Gasteiger charge is -2.41. The largest absolute Gasteiger partial charge is 0.508 e. The number of hydrogen-bond donors (Lipinski definition) is 4. The zero-order valence-electron chi connectivity index (χ0n) is 45.1. The Morgan fingerprint density at radius 2 is 1.77 bits per heavy atom. The predicted octanol–water partition coefficient (Wildman–Crippen LogP) is 7.48. The second-order valence-corrected chi connectivity index (χ2v) is 21.6. The number of allylic oxidation sites excluding steroid dienone is 1. The van der Waals surface area contributed by atoms with Gasteiger partial charge in [-0.3, -0.25) is 34.0 Å². The molecular formula is C57H82N8O8. The van der Waals surface area contributed by atoms with Crippen molar-refractivity contribution < 1.29 is 38.9 Å². The van der Waals surface area contributed by atoms with E-state index in [-0.39, 0.29) is 47.8 Å². The van der Waals surface area contributed by atoms with Gasteiger partial charge in [0.25, 0.3) is 5.91 Å². The molecule has 2 fully saturated rings. The summed E-state index contributed by atoms with van der Waals surface area (Å²) in [6, 6.07) is 9.36. The predicted molar refractivity (Wildman–Crippen MR) is 290 cm³/mol. The highest BCUT2D eigenvalue weighted by atomic mass is 16.5. The number of carboxylic acids is 1. The number of aromatic hydroxyl groups is 1. The van der Waals surface area contributed by atoms with Gasteiger partial charge in [0.2, 0.25) is 18.2 Å². The number of fused-ring (bicyclic) bond motifs is 1. The molecule has 1 aromatic heterocycles. The number of ether oxygens (including phenoxy) is 1. The summed E-state index contributed by atoms with van der Waals surface area (Å²) in [4.78, 5) is 77.0. The van der Waals surface area contributed by atoms with Crippen LogP contribution in [-0.2, 0) is 48.1 Å². The topological polar surface area (TPSA) is 189 Å². The van der Waals surface area contributed by atoms with Crippen molar-refractivity contribution in [2.75, 3.05) is 60.5 Å². The number of amides is 4. The Morgan fingerprint density at radius 3 is 2.37 bits per heavy atom. The number of carbonyl (C=O) groups excluding carboxylic acids is 4. The molecule has 0 saturated carbocycles. The van der Waals surface area contributed by atoms with Gasteiger partial charge in [-0.15, -0.1) is 0 Å². The molecule has 3 atom stereocenters. The number of aliphatic imine (C=N–C) groups is 1. The molecule has 398 valence electrons. The van der Waals surface area contributed by atoms with Crippen LogP contribution < -0.4 is 10.7 Å². The summed E-state index contributed by atoms with van der Waals surface area (Å²) in [7, 11) is 5.53. The quantitative estimate of drug-likeness (QED) is 0.0376. The maximum absolute atomic E-state index is 14.6. The van der Waals surface area contributed by atoms with Crippen LogP contribution in [-0.4, -0.2) is 149 Å². The fourth-order valence-corrected chi connectivity index (χ4v) is 10.1. The molecule has 2 aliphatic rings. The first-order chi connectivity index (χ1) is 34.6. The van der Waals surface area contributed by atoms with Gasteiger partial charge in [-0.1, -0.05) is 65.5 Å². The Morgan fingerprint density at radius 1 is 1.04 bits per heavy atom. The summed E-state index contributed by atoms with van der Waals surface area (Å²) in [6.45, 7) is 21.5. The molecule has 3 heterocycles. The molecule has 73 heavy (non-hydrogen) atoms. The number of aliphatic carboxylic acids is 1. The number of piperidine rings is 1. The third-order valence-corrected chi connectivity index (χ3v) is 14.3. The van der Waals surface area contributed by atoms with E-state index in [2.05, 4.69) is 46.8 Å². The number of hydrazine groups is 1. The van der Waals surface area contributed by atoms with E-state index >= 15 is 0 Å². The summed E-state index contributed by atoms with van der Waals surface area (Å²) in [5, 5.41) is 26.8. The highest BCUT2D eigenvalue weighted by Crippen LogP contribution is 2.39. The Hall–Kier alpha value is -6.10. The molecule has 4 amide bonds. The van der Waals surface area contributed by atoms with Crippen LogP contribution in [0, 0.1) is 16.7 Å². The third kappa shape index (κ3) is 15.7. The number of aromatic nitrogens is 1. The van der Waals surface area contributed by atoms with Crippen LogP contribution in [0.25, 0.3) is 28.1 Å². The fourth-order valence-electron chi connectivity index (χ4n) is 10.1. The number of likely N-dealkylation sites (tertiary alicyclic amines) is 1. The standard InChI is InChI=1S/C57H82N8O8/c1-12-23-58-47(40(5)73-11)35-50-46(36-56(6,7)37-52(69)70)45-34-42(18-19-49(45)64(50)13-2)43-30-41(31-44(67)33-43)32-48(55(72)65-26-15-14-24-59-65)60-54(71)53(39(3)4)63(38-66)29-22-57(8)20-27-62(28-21-57)51(68)17-16-25-61(9)10/h12,16-19,23,30-31,33-35,38-40,48,53,59,67H,1,13-15,20-22,24-29,32,36-37H2,2-11H3,(H,60,71)(H,69,70)/b17-16+,47-35+,58-23?. The van der Waals surface area contributed by atoms with E-state index in [0.717, 1.165) is 59.8 Å². The minimum atomic E-state index is -1.04. The molecule has 5 rings (SSSR count). The van der Waals surface area contributed by atoms with Crippen molar-refractivity contribution in [3.63, 3.8) is 0 Å². The molecule has 0 spiro atoms. The van der Waals surface area contributed by atoms with E-state index in [1.165, 1.54) is 0 Å². The Balaban J connectivity index is 1.47. The van der Waals surface area contributed by atoms with Crippen molar-refractivity contribution in [2.45, 2.75) is 125 Å². The number of hydrogen-bond acceptors (Lipinski definition) is 10. The molecule has 2 aromatic carbocycles. The van der Waals surface area contributed by atoms with Gasteiger partial charge in [0.15, 0.2) is 0 Å². The van der Waals surface area contributed by atoms with Crippen molar-refractivity contribution >= 4 is 53.3 Å². The zero-order valence-corrected chi connectivity index (χ0v) is 45.1. The van der Waals surface area contributed by atoms with Gasteiger partial charge in [-0.25, -0.2) is 5.43 Å². The van der Waals surface area contributed by atoms with Gasteiger partial charge in [-0.05, 0) is 136 Å². The van der Waals surface area contributed by atoms with Crippen LogP contribution in [0.4, 0.5) is 0 Å². The molecule has 3 unspecified atom stereocenters. The normalized spacial score (nSPS) is 16.8. The number of nitrogens with one attached hydrogen (secondary N) is 2. The number of carbonyl (C=O) groups is 5. The minimum absolute atomic E-state index is 0.00442. The van der Waals surface area contributed by atoms with Gasteiger partial charge in [-0.2, -0.15) is 0 Å². The number of phenols is 1. The van der Waals surface area contributed by atoms with Gasteiger partial charge in [0.1, 0.15) is 17.8 Å². The van der Waals surface area contributed by atoms with Crippen molar-refractivity contribution in [1.82, 2.24) is 35.0 Å². The lowest BCUT2D eigenvalue weighted by atomic mass is 9.77. The van der Waals surface area contributed by atoms with Gasteiger partial charge >= 0.3 is 5.97 Å². The zero-order chi connectivity index (χ0) is 53.6. The van der Waals surface area contributed by atoms with Crippen LogP contribution in [0.2, 0.25) is 0 Å². The smallest absolute Gasteiger partial charge is 0.303 e. The number of rotatable bonds is 25. The highest BCUT2D eigenvalue weighted by Gasteiger charge is 2.37. The van der Waals surface area contributed by atoms with Crippen LogP contribution in [0.5, 0.6) is 5.75 Å². The number of likely N-dealkylation sites (N-methyl/N-ethyl adjacent to an activating group) is 1. The van der Waals surface area contributed by atoms with Crippen molar-refractivity contribution in [2.24, 2.45) is 21.7 Å². The second kappa shape index (κ2) is 26.2. The van der Waals surface area contributed by atoms with Crippen LogP contribution in [0.3, 0.4) is 0 Å². The first-order valence-corrected chi connectivity index (χ1v) is 25.9. The maximum atomic E-state index is 14.6. The van der Waals surface area contributed by atoms with E-state index in [1.807, 2.05) is 88.9 Å². The SMILES string of the molecule is C=CC=N/C(=C/c1c(CC(C)(C)CC(=O)O)c2cc(-c3cc(O)cc(CC(NC(=O)C(C(C)C)N(C=O)CCC4(C)CCN(C(=O)/C=C/CN(C)C)CC4)C(=O)N4CCCCN4)c3)ccc2n1CC)C(C)OC. The molecule has 0 radical (unpaired) electrons. The van der Waals surface area contributed by atoms with E-state index in [9.17, 15) is 34.2 Å². The molecule has 3 aromatic rings. The summed E-state index contributed by atoms with van der Waals surface area (Å²) >= 11 is 0. The lowest BCUT2D eigenvalue weighted by Crippen LogP contribution is -2.59. The first-order valence-electron chi connectivity index (χ1n) is 25.9. The average molecular weight is 1010 g/mol. The minimum Gasteiger partial charge on any atom is -0.508 e. The molecule has 16 heteroatoms. The van der Waals surface area contributed by atoms with Crippen LogP contribution >= 0.6 is 0 Å². The number of methoxy groups -OCH3 is 1. The monoisotopic (exact) mass is 1010 g/mol. The summed E-state index contributed by atoms with van der Waals surface area (Å²) in [6.07, 6.45) is 13.4. The highest BCUT2D eigenvalue weighted by molar-refractivity contribution is 5.93. The Labute approximate surface area is 433 Å². The van der Waals surface area contributed by atoms with Crippen LogP contribution in [0.1, 0.15) is 104 Å². The second-order valence-electron chi connectivity index (χ2n) is 21.6. The summed E-state index contributed by atoms with van der Waals surface area (Å²) in [5.74, 6) is -1.96. The van der Waals surface area contributed by atoms with Crippen molar-refractivity contribution in [1.29, 1.82) is 0 Å². The third-order valence-electron chi connectivity index (χ3n) is 14.3. The maximum Gasteiger partial charge on any atom is 0.303 e. The first kappa shape index (κ1) is 57.8. The van der Waals surface area contributed by atoms with Crippen molar-refractivity contribution in [3.8, 4) is 16.9 Å². The van der Waals surface area contributed by atoms with Crippen LogP contribution in [0.15, 0.2) is 71.9 Å². The van der Waals surface area contributed by atoms with Gasteiger partial charge in [0, 0.05) is 88.2 Å². The number of benzene rings is 2. The average Bonchev–Trinajstić information content (AvgIpc) is 3.62. The number of aryl methyl sites for hydroxylation is 1. The molecule has 4 N–H and O–H groups in total. The molecule has 2 saturated heterocycles. The summed E-state index contributed by atoms with van der Waals surface area (Å²) in [5.41, 5.74) is 7.95. The Kier molecular flexibility index (Phi) is 20.8. The molecule has 0 aliphatic carbocycles. The Bertz CT molecular complexity index is 2510. The summed E-state index contributed by atoms with van der Waals surface area (Å²) < 4.78 is 7.90. The molecule has 0 bridgehead atoms. The van der Waals surface area contributed by atoms with E-state index in [4.69, 9.17) is 4.74 Å². The fraction of sp³-hybridized carbons (Fsp3) is 0.544. The molecule has 16 nitrogen and oxygen atoms in total. The van der Waals surface area contributed by atoms with Gasteiger partial charge < -0.3 is 39.5 Å².